The molecule has 1 N–H and O–H groups in total. The number of rotatable bonds is 5. The first-order valence-corrected chi connectivity index (χ1v) is 6.42. The molecule has 0 unspecified atom stereocenters. The van der Waals surface area contributed by atoms with E-state index in [-0.39, 0.29) is 18.8 Å². The highest BCUT2D eigenvalue weighted by Gasteiger charge is 2.41. The number of nitrogens with one attached hydrogen (secondary N) is 1. The first kappa shape index (κ1) is 13.1. The molecule has 1 saturated heterocycles. The molecule has 0 spiro atoms. The van der Waals surface area contributed by atoms with Crippen LogP contribution in [0.2, 0.25) is 0 Å². The lowest BCUT2D eigenvalue weighted by molar-refractivity contribution is 0.137. The van der Waals surface area contributed by atoms with Gasteiger partial charge in [0.2, 0.25) is 0 Å². The van der Waals surface area contributed by atoms with Gasteiger partial charge in [-0.2, -0.15) is 0 Å². The summed E-state index contributed by atoms with van der Waals surface area (Å²) < 4.78 is 11.5. The minimum atomic E-state index is -0.444. The second-order valence-electron chi connectivity index (χ2n) is 3.91. The highest BCUT2D eigenvalue weighted by atomic mass is 79.9. The van der Waals surface area contributed by atoms with Crippen molar-refractivity contribution in [1.29, 1.82) is 0 Å². The molecule has 1 aliphatic rings. The van der Waals surface area contributed by atoms with Crippen molar-refractivity contribution in [3.63, 3.8) is 0 Å². The Morgan fingerprint density at radius 3 is 2.89 bits per heavy atom. The third-order valence-electron chi connectivity index (χ3n) is 2.55. The maximum Gasteiger partial charge on any atom is 0.407 e. The average Bonchev–Trinajstić information content (AvgIpc) is 3.14. The minimum absolute atomic E-state index is 0.0327. The highest BCUT2D eigenvalue weighted by Crippen LogP contribution is 2.39. The zero-order valence-corrected chi connectivity index (χ0v) is 11.4. The Morgan fingerprint density at radius 1 is 1.50 bits per heavy atom. The molecule has 0 aromatic heterocycles. The number of epoxide rings is 1. The number of hydrogen-bond acceptors (Lipinski definition) is 3. The SMILES string of the molecule is C=CCNC(=O)OC[C@H]1O[C@@H]1c1ccc(Br)cc1. The van der Waals surface area contributed by atoms with E-state index in [1.54, 1.807) is 6.08 Å². The van der Waals surface area contributed by atoms with E-state index in [0.717, 1.165) is 10.0 Å². The van der Waals surface area contributed by atoms with Gasteiger partial charge in [-0.1, -0.05) is 34.1 Å². The number of benzene rings is 1. The van der Waals surface area contributed by atoms with Crippen molar-refractivity contribution < 1.29 is 14.3 Å². The third-order valence-corrected chi connectivity index (χ3v) is 3.08. The average molecular weight is 312 g/mol. The van der Waals surface area contributed by atoms with E-state index in [1.165, 1.54) is 0 Å². The molecule has 2 atom stereocenters. The van der Waals surface area contributed by atoms with Crippen molar-refractivity contribution in [1.82, 2.24) is 5.32 Å². The fourth-order valence-corrected chi connectivity index (χ4v) is 1.84. The second-order valence-corrected chi connectivity index (χ2v) is 4.83. The van der Waals surface area contributed by atoms with Crippen molar-refractivity contribution in [2.45, 2.75) is 12.2 Å². The molecule has 1 aromatic carbocycles. The van der Waals surface area contributed by atoms with Crippen LogP contribution < -0.4 is 5.32 Å². The zero-order chi connectivity index (χ0) is 13.0. The Labute approximate surface area is 114 Å². The standard InChI is InChI=1S/C13H14BrNO3/c1-2-7-15-13(16)17-8-11-12(18-11)9-3-5-10(14)6-4-9/h2-6,11-12H,1,7-8H2,(H,15,16)/t11-,12-/m1/s1. The maximum atomic E-state index is 11.2. The molecule has 5 heteroatoms. The molecule has 2 rings (SSSR count). The van der Waals surface area contributed by atoms with Gasteiger partial charge in [-0.15, -0.1) is 6.58 Å². The summed E-state index contributed by atoms with van der Waals surface area (Å²) in [6.07, 6.45) is 1.14. The summed E-state index contributed by atoms with van der Waals surface area (Å²) in [7, 11) is 0. The van der Waals surface area contributed by atoms with Crippen molar-refractivity contribution in [3.8, 4) is 0 Å². The molecule has 96 valence electrons. The molecule has 18 heavy (non-hydrogen) atoms. The largest absolute Gasteiger partial charge is 0.447 e. The topological polar surface area (TPSA) is 50.9 Å². The summed E-state index contributed by atoms with van der Waals surface area (Å²) in [4.78, 5) is 11.2. The van der Waals surface area contributed by atoms with Gasteiger partial charge < -0.3 is 14.8 Å². The fourth-order valence-electron chi connectivity index (χ4n) is 1.58. The van der Waals surface area contributed by atoms with Crippen molar-refractivity contribution in [2.75, 3.05) is 13.2 Å². The lowest BCUT2D eigenvalue weighted by Gasteiger charge is -2.02. The zero-order valence-electron chi connectivity index (χ0n) is 9.77. The van der Waals surface area contributed by atoms with Crippen LogP contribution in [0.1, 0.15) is 11.7 Å². The molecular formula is C13H14BrNO3. The smallest absolute Gasteiger partial charge is 0.407 e. The van der Waals surface area contributed by atoms with Gasteiger partial charge >= 0.3 is 6.09 Å². The monoisotopic (exact) mass is 311 g/mol. The van der Waals surface area contributed by atoms with Crippen molar-refractivity contribution >= 4 is 22.0 Å². The second kappa shape index (κ2) is 6.02. The quantitative estimate of drug-likeness (QED) is 0.672. The van der Waals surface area contributed by atoms with E-state index in [4.69, 9.17) is 9.47 Å². The van der Waals surface area contributed by atoms with E-state index < -0.39 is 6.09 Å². The molecule has 0 aliphatic carbocycles. The molecule has 1 amide bonds. The first-order valence-electron chi connectivity index (χ1n) is 5.63. The van der Waals surface area contributed by atoms with Gasteiger partial charge in [0.15, 0.2) is 0 Å². The van der Waals surface area contributed by atoms with Crippen LogP contribution in [0, 0.1) is 0 Å². The van der Waals surface area contributed by atoms with Crippen LogP contribution in [0.15, 0.2) is 41.4 Å². The Bertz CT molecular complexity index is 432. The number of alkyl carbamates (subject to hydrolysis) is 1. The molecule has 1 heterocycles. The summed E-state index contributed by atoms with van der Waals surface area (Å²) in [6, 6.07) is 7.91. The normalized spacial score (nSPS) is 21.2. The van der Waals surface area contributed by atoms with Crippen LogP contribution in [0.5, 0.6) is 0 Å². The van der Waals surface area contributed by atoms with E-state index >= 15 is 0 Å². The number of carbonyl (C=O) groups excluding carboxylic acids is 1. The molecule has 1 aromatic rings. The summed E-state index contributed by atoms with van der Waals surface area (Å²) in [5.74, 6) is 0. The van der Waals surface area contributed by atoms with E-state index in [2.05, 4.69) is 27.8 Å². The highest BCUT2D eigenvalue weighted by molar-refractivity contribution is 9.10. The predicted molar refractivity (Wildman–Crippen MR) is 71.3 cm³/mol. The molecule has 1 aliphatic heterocycles. The Balaban J connectivity index is 1.73. The first-order chi connectivity index (χ1) is 8.70. The Hall–Kier alpha value is -1.33. The van der Waals surface area contributed by atoms with Crippen molar-refractivity contribution in [3.05, 3.63) is 47.0 Å². The van der Waals surface area contributed by atoms with Gasteiger partial charge in [0.1, 0.15) is 18.8 Å². The van der Waals surface area contributed by atoms with Gasteiger partial charge in [0.25, 0.3) is 0 Å². The molecular weight excluding hydrogens is 298 g/mol. The van der Waals surface area contributed by atoms with Gasteiger partial charge in [0, 0.05) is 11.0 Å². The molecule has 0 bridgehead atoms. The molecule has 0 saturated carbocycles. The van der Waals surface area contributed by atoms with Crippen LogP contribution in [0.3, 0.4) is 0 Å². The lowest BCUT2D eigenvalue weighted by atomic mass is 10.1. The summed E-state index contributed by atoms with van der Waals surface area (Å²) in [5, 5.41) is 2.54. The van der Waals surface area contributed by atoms with Gasteiger partial charge in [0.05, 0.1) is 0 Å². The van der Waals surface area contributed by atoms with Gasteiger partial charge in [-0.25, -0.2) is 4.79 Å². The van der Waals surface area contributed by atoms with Crippen LogP contribution in [0.25, 0.3) is 0 Å². The van der Waals surface area contributed by atoms with Crippen molar-refractivity contribution in [2.24, 2.45) is 0 Å². The Morgan fingerprint density at radius 2 is 2.22 bits per heavy atom. The van der Waals surface area contributed by atoms with E-state index in [1.807, 2.05) is 24.3 Å². The minimum Gasteiger partial charge on any atom is -0.447 e. The van der Waals surface area contributed by atoms with Crippen LogP contribution >= 0.6 is 15.9 Å². The molecule has 1 fully saturated rings. The summed E-state index contributed by atoms with van der Waals surface area (Å²) in [6.45, 7) is 4.17. The lowest BCUT2D eigenvalue weighted by Crippen LogP contribution is -2.25. The third kappa shape index (κ3) is 3.58. The number of ether oxygens (including phenoxy) is 2. The maximum absolute atomic E-state index is 11.2. The summed E-state index contributed by atoms with van der Waals surface area (Å²) >= 11 is 3.38. The summed E-state index contributed by atoms with van der Waals surface area (Å²) in [5.41, 5.74) is 1.10. The molecule has 0 radical (unpaired) electrons. The predicted octanol–water partition coefficient (Wildman–Crippen LogP) is 2.80. The van der Waals surface area contributed by atoms with Gasteiger partial charge in [-0.3, -0.25) is 0 Å². The van der Waals surface area contributed by atoms with Crippen LogP contribution in [0.4, 0.5) is 4.79 Å². The van der Waals surface area contributed by atoms with Crippen LogP contribution in [-0.2, 0) is 9.47 Å². The fraction of sp³-hybridized carbons (Fsp3) is 0.308. The van der Waals surface area contributed by atoms with E-state index in [9.17, 15) is 4.79 Å². The number of halogens is 1. The number of hydrogen-bond donors (Lipinski definition) is 1. The molecule has 4 nitrogen and oxygen atoms in total. The Kier molecular flexibility index (Phi) is 4.38. The van der Waals surface area contributed by atoms with Crippen LogP contribution in [-0.4, -0.2) is 25.3 Å². The number of amides is 1. The van der Waals surface area contributed by atoms with E-state index in [0.29, 0.717) is 6.54 Å². The van der Waals surface area contributed by atoms with Gasteiger partial charge in [-0.05, 0) is 17.7 Å². The number of carbonyl (C=O) groups is 1.